The van der Waals surface area contributed by atoms with Crippen molar-refractivity contribution in [2.24, 2.45) is 5.92 Å². The fraction of sp³-hybridized carbons (Fsp3) is 0.842. The number of ether oxygens (including phenoxy) is 1. The monoisotopic (exact) mass is 384 g/mol. The van der Waals surface area contributed by atoms with E-state index in [1.807, 2.05) is 39.5 Å². The van der Waals surface area contributed by atoms with Crippen molar-refractivity contribution in [3.63, 3.8) is 0 Å². The maximum atomic E-state index is 12.5. The first-order chi connectivity index (χ1) is 12.5. The summed E-state index contributed by atoms with van der Waals surface area (Å²) in [5, 5.41) is 4.88. The zero-order valence-electron chi connectivity index (χ0n) is 17.6. The molecule has 0 aromatic rings. The highest BCUT2D eigenvalue weighted by atomic mass is 16.6. The van der Waals surface area contributed by atoms with Crippen LogP contribution in [0, 0.1) is 5.92 Å². The minimum atomic E-state index is -0.528. The van der Waals surface area contributed by atoms with Crippen LogP contribution in [0.1, 0.15) is 54.4 Å². The molecule has 0 saturated carbocycles. The van der Waals surface area contributed by atoms with Crippen LogP contribution in [0.3, 0.4) is 0 Å². The zero-order valence-corrected chi connectivity index (χ0v) is 17.6. The average Bonchev–Trinajstić information content (AvgIpc) is 2.50. The molecule has 1 saturated heterocycles. The largest absolute Gasteiger partial charge is 0.444 e. The molecule has 0 bridgehead atoms. The molecule has 1 atom stereocenters. The lowest BCUT2D eigenvalue weighted by molar-refractivity contribution is -0.121. The van der Waals surface area contributed by atoms with Crippen LogP contribution in [0.15, 0.2) is 0 Å². The zero-order chi connectivity index (χ0) is 20.6. The highest BCUT2D eigenvalue weighted by Crippen LogP contribution is 2.20. The summed E-state index contributed by atoms with van der Waals surface area (Å²) >= 11 is 0. The number of amides is 4. The molecule has 2 N–H and O–H groups in total. The molecule has 0 spiro atoms. The molecule has 8 heteroatoms. The fourth-order valence-electron chi connectivity index (χ4n) is 3.11. The molecule has 1 aliphatic rings. The van der Waals surface area contributed by atoms with E-state index in [9.17, 15) is 14.4 Å². The molecular formula is C19H36N4O4. The van der Waals surface area contributed by atoms with Crippen LogP contribution in [0.2, 0.25) is 0 Å². The van der Waals surface area contributed by atoms with Crippen LogP contribution in [0.4, 0.5) is 9.59 Å². The number of piperidine rings is 1. The van der Waals surface area contributed by atoms with Crippen molar-refractivity contribution >= 4 is 18.0 Å². The molecular weight excluding hydrogens is 348 g/mol. The SMILES string of the molecule is CCNC(=O)NC(=O)CN1CCCC(CN(C(=O)OC(C)(C)C)C(C)C)C1. The predicted octanol–water partition coefficient (Wildman–Crippen LogP) is 2.19. The van der Waals surface area contributed by atoms with Crippen LogP contribution in [0.5, 0.6) is 0 Å². The van der Waals surface area contributed by atoms with Crippen molar-refractivity contribution in [3.05, 3.63) is 0 Å². The van der Waals surface area contributed by atoms with Gasteiger partial charge in [0.1, 0.15) is 5.60 Å². The molecule has 0 radical (unpaired) electrons. The number of hydrogen-bond acceptors (Lipinski definition) is 5. The minimum Gasteiger partial charge on any atom is -0.444 e. The average molecular weight is 385 g/mol. The van der Waals surface area contributed by atoms with Crippen LogP contribution in [-0.4, -0.2) is 72.2 Å². The lowest BCUT2D eigenvalue weighted by atomic mass is 9.97. The number of urea groups is 1. The van der Waals surface area contributed by atoms with E-state index in [0.29, 0.717) is 13.1 Å². The number of nitrogens with one attached hydrogen (secondary N) is 2. The summed E-state index contributed by atoms with van der Waals surface area (Å²) in [5.74, 6) is -0.0413. The summed E-state index contributed by atoms with van der Waals surface area (Å²) < 4.78 is 5.53. The van der Waals surface area contributed by atoms with Crippen molar-refractivity contribution in [2.45, 2.75) is 66.0 Å². The molecule has 1 unspecified atom stereocenters. The summed E-state index contributed by atoms with van der Waals surface area (Å²) in [6.45, 7) is 14.1. The second-order valence-electron chi connectivity index (χ2n) is 8.38. The molecule has 0 aliphatic carbocycles. The first-order valence-electron chi connectivity index (χ1n) is 9.81. The summed E-state index contributed by atoms with van der Waals surface area (Å²) in [6.07, 6.45) is 1.66. The molecule has 1 rings (SSSR count). The van der Waals surface area contributed by atoms with Gasteiger partial charge >= 0.3 is 12.1 Å². The third-order valence-corrected chi connectivity index (χ3v) is 4.27. The van der Waals surface area contributed by atoms with E-state index in [2.05, 4.69) is 10.6 Å². The number of imide groups is 1. The van der Waals surface area contributed by atoms with Crippen molar-refractivity contribution in [1.82, 2.24) is 20.4 Å². The fourth-order valence-corrected chi connectivity index (χ4v) is 3.11. The van der Waals surface area contributed by atoms with Gasteiger partial charge in [-0.1, -0.05) is 0 Å². The molecule has 156 valence electrons. The Morgan fingerprint density at radius 2 is 1.93 bits per heavy atom. The first kappa shape index (κ1) is 23.2. The number of carbonyl (C=O) groups is 3. The van der Waals surface area contributed by atoms with Gasteiger partial charge in [-0.15, -0.1) is 0 Å². The molecule has 8 nitrogen and oxygen atoms in total. The second-order valence-corrected chi connectivity index (χ2v) is 8.38. The van der Waals surface area contributed by atoms with Crippen LogP contribution in [0.25, 0.3) is 0 Å². The van der Waals surface area contributed by atoms with E-state index >= 15 is 0 Å². The highest BCUT2D eigenvalue weighted by Gasteiger charge is 2.29. The minimum absolute atomic E-state index is 0.0382. The van der Waals surface area contributed by atoms with E-state index in [-0.39, 0.29) is 30.5 Å². The lowest BCUT2D eigenvalue weighted by Gasteiger charge is -2.37. The molecule has 1 heterocycles. The summed E-state index contributed by atoms with van der Waals surface area (Å²) in [4.78, 5) is 39.7. The summed E-state index contributed by atoms with van der Waals surface area (Å²) in [6, 6.07) is -0.428. The second kappa shape index (κ2) is 10.5. The van der Waals surface area contributed by atoms with Gasteiger partial charge < -0.3 is 15.0 Å². The maximum absolute atomic E-state index is 12.5. The third-order valence-electron chi connectivity index (χ3n) is 4.27. The van der Waals surface area contributed by atoms with E-state index in [0.717, 1.165) is 25.9 Å². The predicted molar refractivity (Wildman–Crippen MR) is 104 cm³/mol. The number of likely N-dealkylation sites (tertiary alicyclic amines) is 1. The summed E-state index contributed by atoms with van der Waals surface area (Å²) in [7, 11) is 0. The molecule has 27 heavy (non-hydrogen) atoms. The molecule has 0 aromatic carbocycles. The van der Waals surface area contributed by atoms with Crippen molar-refractivity contribution < 1.29 is 19.1 Å². The van der Waals surface area contributed by atoms with Gasteiger partial charge in [-0.05, 0) is 66.8 Å². The van der Waals surface area contributed by atoms with Gasteiger partial charge in [0.2, 0.25) is 5.91 Å². The van der Waals surface area contributed by atoms with Gasteiger partial charge in [-0.2, -0.15) is 0 Å². The molecule has 0 aromatic heterocycles. The highest BCUT2D eigenvalue weighted by molar-refractivity contribution is 5.95. The third kappa shape index (κ3) is 9.08. The van der Waals surface area contributed by atoms with Crippen molar-refractivity contribution in [3.8, 4) is 0 Å². The Morgan fingerprint density at radius 1 is 1.26 bits per heavy atom. The number of carbonyl (C=O) groups excluding carboxylic acids is 3. The molecule has 4 amide bonds. The normalized spacial score (nSPS) is 18.1. The Labute approximate surface area is 163 Å². The van der Waals surface area contributed by atoms with Gasteiger partial charge in [-0.25, -0.2) is 9.59 Å². The van der Waals surface area contributed by atoms with Gasteiger partial charge in [0.05, 0.1) is 6.54 Å². The van der Waals surface area contributed by atoms with Gasteiger partial charge in [0.25, 0.3) is 0 Å². The Bertz CT molecular complexity index is 516. The van der Waals surface area contributed by atoms with E-state index in [4.69, 9.17) is 4.74 Å². The smallest absolute Gasteiger partial charge is 0.410 e. The van der Waals surface area contributed by atoms with E-state index in [1.165, 1.54) is 0 Å². The van der Waals surface area contributed by atoms with E-state index in [1.54, 1.807) is 11.8 Å². The Morgan fingerprint density at radius 3 is 2.48 bits per heavy atom. The van der Waals surface area contributed by atoms with Crippen molar-refractivity contribution in [2.75, 3.05) is 32.7 Å². The van der Waals surface area contributed by atoms with Crippen molar-refractivity contribution in [1.29, 1.82) is 0 Å². The Balaban J connectivity index is 2.58. The first-order valence-corrected chi connectivity index (χ1v) is 9.81. The van der Waals surface area contributed by atoms with Crippen LogP contribution in [-0.2, 0) is 9.53 Å². The number of hydrogen-bond donors (Lipinski definition) is 2. The maximum Gasteiger partial charge on any atom is 0.410 e. The molecule has 1 fully saturated rings. The van der Waals surface area contributed by atoms with Gasteiger partial charge in [-0.3, -0.25) is 15.0 Å². The summed E-state index contributed by atoms with van der Waals surface area (Å²) in [5.41, 5.74) is -0.528. The van der Waals surface area contributed by atoms with Crippen LogP contribution < -0.4 is 10.6 Å². The quantitative estimate of drug-likeness (QED) is 0.732. The van der Waals surface area contributed by atoms with E-state index < -0.39 is 11.6 Å². The van der Waals surface area contributed by atoms with Crippen LogP contribution >= 0.6 is 0 Å². The number of nitrogens with zero attached hydrogens (tertiary/aromatic N) is 2. The Hall–Kier alpha value is -1.83. The standard InChI is InChI=1S/C19H36N4O4/c1-7-20-17(25)21-16(24)13-22-10-8-9-15(11-22)12-23(14(2)3)18(26)27-19(4,5)6/h14-15H,7-13H2,1-6H3,(H2,20,21,24,25). The number of rotatable bonds is 6. The lowest BCUT2D eigenvalue weighted by Crippen LogP contribution is -2.49. The van der Waals surface area contributed by atoms with Gasteiger partial charge in [0.15, 0.2) is 0 Å². The Kier molecular flexibility index (Phi) is 9.02. The van der Waals surface area contributed by atoms with Gasteiger partial charge in [0, 0.05) is 25.7 Å². The molecule has 1 aliphatic heterocycles. The topological polar surface area (TPSA) is 91.0 Å².